The summed E-state index contributed by atoms with van der Waals surface area (Å²) in [4.78, 5) is 47.1. The normalized spacial score (nSPS) is 43.6. The maximum atomic E-state index is 14.2. The third-order valence-electron chi connectivity index (χ3n) is 11.8. The summed E-state index contributed by atoms with van der Waals surface area (Å²) in [7, 11) is 2.11. The second kappa shape index (κ2) is 9.86. The summed E-state index contributed by atoms with van der Waals surface area (Å²) >= 11 is 0. The highest BCUT2D eigenvalue weighted by atomic mass is 16.7. The fourth-order valence-corrected chi connectivity index (χ4v) is 9.91. The molecule has 0 radical (unpaired) electrons. The van der Waals surface area contributed by atoms with E-state index >= 15 is 0 Å². The number of amides is 3. The summed E-state index contributed by atoms with van der Waals surface area (Å²) in [5.41, 5.74) is 0.477. The highest BCUT2D eigenvalue weighted by Gasteiger charge is 2.70. The fourth-order valence-electron chi connectivity index (χ4n) is 9.91. The Kier molecular flexibility index (Phi) is 6.36. The van der Waals surface area contributed by atoms with Gasteiger partial charge in [-0.25, -0.2) is 0 Å². The van der Waals surface area contributed by atoms with Gasteiger partial charge in [0.2, 0.25) is 17.5 Å². The molecule has 3 N–H and O–H groups in total. The van der Waals surface area contributed by atoms with Crippen LogP contribution in [0.15, 0.2) is 42.0 Å². The number of rotatable bonds is 4. The molecule has 4 unspecified atom stereocenters. The molecule has 0 bridgehead atoms. The lowest BCUT2D eigenvalue weighted by atomic mass is 9.60. The average Bonchev–Trinajstić information content (AvgIpc) is 3.70. The summed E-state index contributed by atoms with van der Waals surface area (Å²) in [5.74, 6) is -1.68. The molecule has 5 aliphatic heterocycles. The lowest BCUT2D eigenvalue weighted by Crippen LogP contribution is -2.71. The minimum Gasteiger partial charge on any atom is -0.347 e. The first-order chi connectivity index (χ1) is 20.7. The summed E-state index contributed by atoms with van der Waals surface area (Å²) < 4.78 is 6.26. The first-order valence-electron chi connectivity index (χ1n) is 16.3. The second-order valence-electron chi connectivity index (χ2n) is 14.2. The number of likely N-dealkylation sites (N-methyl/N-ethyl adjacent to an activating group) is 1. The van der Waals surface area contributed by atoms with Crippen LogP contribution in [0.2, 0.25) is 0 Å². The van der Waals surface area contributed by atoms with Crippen LogP contribution in [0.4, 0.5) is 0 Å². The lowest BCUT2D eigenvalue weighted by molar-refractivity contribution is -0.315. The predicted octanol–water partition coefficient (Wildman–Crippen LogP) is 1.20. The van der Waals surface area contributed by atoms with E-state index < -0.39 is 35.5 Å². The number of hydrogen-bond donors (Lipinski definition) is 3. The van der Waals surface area contributed by atoms with Crippen LogP contribution >= 0.6 is 0 Å². The SMILES string of the molecule is CN1C[C@@H](C(=O)N[C@]2(C)O[C@]3(O)[C@@H]4CCCN4C(=O)[C@@H](Cc4ccccc4)N3C2=O)C=C2C3CCCC4NCC(C[C@H]21)C43. The Bertz CT molecular complexity index is 1370. The largest absolute Gasteiger partial charge is 0.347 e. The van der Waals surface area contributed by atoms with E-state index in [-0.39, 0.29) is 18.2 Å². The van der Waals surface area contributed by atoms with Crippen molar-refractivity contribution in [1.82, 2.24) is 25.3 Å². The van der Waals surface area contributed by atoms with Crippen molar-refractivity contribution < 1.29 is 24.2 Å². The number of carbonyl (C=O) groups is 3. The Morgan fingerprint density at radius 3 is 2.79 bits per heavy atom. The smallest absolute Gasteiger partial charge is 0.280 e. The van der Waals surface area contributed by atoms with Gasteiger partial charge >= 0.3 is 0 Å². The van der Waals surface area contributed by atoms with Gasteiger partial charge < -0.3 is 20.6 Å². The molecule has 7 aliphatic rings. The molecule has 230 valence electrons. The molecule has 4 saturated heterocycles. The number of carbonyl (C=O) groups excluding carboxylic acids is 3. The molecule has 5 heterocycles. The van der Waals surface area contributed by atoms with Crippen LogP contribution in [0.1, 0.15) is 51.0 Å². The molecule has 0 spiro atoms. The second-order valence-corrected chi connectivity index (χ2v) is 14.2. The molecule has 43 heavy (non-hydrogen) atoms. The standard InChI is InChI=1S/C33H43N5O5/c1-32(35-29(39)21-15-23-22-10-6-11-24-28(22)20(17-34-24)16-25(23)36(2)18-21)31(41)38-26(14-19-8-4-3-5-9-19)30(40)37-13-7-12-27(37)33(38,42)43-32/h3-5,8-9,15,20-22,24-28,34,42H,6-7,10-14,16-18H2,1-2H3,(H,35,39)/t20?,21-,22?,24?,25+,26+,27-,28?,32+,33+/m0/s1. The highest BCUT2D eigenvalue weighted by molar-refractivity contribution is 5.97. The zero-order chi connectivity index (χ0) is 29.7. The molecular weight excluding hydrogens is 546 g/mol. The molecule has 3 amide bonds. The van der Waals surface area contributed by atoms with Gasteiger partial charge in [0, 0.05) is 31.6 Å². The highest BCUT2D eigenvalue weighted by Crippen LogP contribution is 2.52. The predicted molar refractivity (Wildman–Crippen MR) is 157 cm³/mol. The quantitative estimate of drug-likeness (QED) is 0.453. The van der Waals surface area contributed by atoms with Crippen LogP contribution in [0.25, 0.3) is 0 Å². The first-order valence-corrected chi connectivity index (χ1v) is 16.3. The number of piperazine rings is 1. The van der Waals surface area contributed by atoms with E-state index in [0.717, 1.165) is 18.5 Å². The minimum atomic E-state index is -2.01. The van der Waals surface area contributed by atoms with Crippen LogP contribution in [0.3, 0.4) is 0 Å². The van der Waals surface area contributed by atoms with E-state index in [1.54, 1.807) is 4.90 Å². The number of ether oxygens (including phenoxy) is 1. The van der Waals surface area contributed by atoms with Gasteiger partial charge in [0.05, 0.1) is 5.92 Å². The van der Waals surface area contributed by atoms with Crippen molar-refractivity contribution in [3.05, 3.63) is 47.5 Å². The van der Waals surface area contributed by atoms with Crippen LogP contribution in [-0.2, 0) is 25.5 Å². The molecule has 8 rings (SSSR count). The number of benzene rings is 1. The molecule has 1 aromatic carbocycles. The Hall–Kier alpha value is -2.79. The molecule has 10 nitrogen and oxygen atoms in total. The van der Waals surface area contributed by atoms with E-state index in [0.29, 0.717) is 55.8 Å². The van der Waals surface area contributed by atoms with Crippen LogP contribution < -0.4 is 10.6 Å². The third kappa shape index (κ3) is 4.09. The van der Waals surface area contributed by atoms with Crippen molar-refractivity contribution >= 4 is 17.7 Å². The third-order valence-corrected chi connectivity index (χ3v) is 11.8. The van der Waals surface area contributed by atoms with Crippen LogP contribution in [-0.4, -0.2) is 100 Å². The van der Waals surface area contributed by atoms with Crippen molar-refractivity contribution in [3.63, 3.8) is 0 Å². The summed E-state index contributed by atoms with van der Waals surface area (Å²) in [6.07, 6.45) is 8.40. The first kappa shape index (κ1) is 27.7. The van der Waals surface area contributed by atoms with E-state index in [1.807, 2.05) is 30.3 Å². The Labute approximate surface area is 252 Å². The molecule has 2 saturated carbocycles. The van der Waals surface area contributed by atoms with E-state index in [1.165, 1.54) is 36.7 Å². The van der Waals surface area contributed by atoms with Crippen LogP contribution in [0, 0.1) is 23.7 Å². The molecule has 0 aromatic heterocycles. The number of hydrogen-bond acceptors (Lipinski definition) is 7. The van der Waals surface area contributed by atoms with Crippen molar-refractivity contribution in [1.29, 1.82) is 0 Å². The summed E-state index contributed by atoms with van der Waals surface area (Å²) in [5, 5.41) is 18.8. The lowest BCUT2D eigenvalue weighted by Gasteiger charge is -2.50. The Morgan fingerprint density at radius 2 is 1.98 bits per heavy atom. The van der Waals surface area contributed by atoms with Gasteiger partial charge in [0.15, 0.2) is 0 Å². The molecule has 2 aliphatic carbocycles. The molecular formula is C33H43N5O5. The monoisotopic (exact) mass is 589 g/mol. The van der Waals surface area contributed by atoms with Crippen molar-refractivity contribution in [3.8, 4) is 0 Å². The van der Waals surface area contributed by atoms with Gasteiger partial charge in [-0.15, -0.1) is 0 Å². The number of nitrogens with zero attached hydrogens (tertiary/aromatic N) is 3. The van der Waals surface area contributed by atoms with Gasteiger partial charge in [-0.05, 0) is 75.9 Å². The minimum absolute atomic E-state index is 0.184. The number of aliphatic hydroxyl groups is 1. The zero-order valence-electron chi connectivity index (χ0n) is 25.1. The molecule has 6 fully saturated rings. The van der Waals surface area contributed by atoms with Gasteiger partial charge in [-0.3, -0.25) is 28.9 Å². The van der Waals surface area contributed by atoms with Crippen molar-refractivity contribution in [2.24, 2.45) is 23.7 Å². The zero-order valence-corrected chi connectivity index (χ0v) is 25.1. The average molecular weight is 590 g/mol. The summed E-state index contributed by atoms with van der Waals surface area (Å²) in [6.45, 7) is 3.69. The van der Waals surface area contributed by atoms with Gasteiger partial charge in [-0.1, -0.05) is 48.4 Å². The summed E-state index contributed by atoms with van der Waals surface area (Å²) in [6, 6.07) is 8.84. The van der Waals surface area contributed by atoms with Crippen molar-refractivity contribution in [2.75, 3.05) is 26.7 Å². The Balaban J connectivity index is 1.08. The topological polar surface area (TPSA) is 114 Å². The Morgan fingerprint density at radius 1 is 1.16 bits per heavy atom. The van der Waals surface area contributed by atoms with E-state index in [4.69, 9.17) is 4.74 Å². The maximum absolute atomic E-state index is 14.2. The van der Waals surface area contributed by atoms with Gasteiger partial charge in [-0.2, -0.15) is 0 Å². The fraction of sp³-hybridized carbons (Fsp3) is 0.667. The van der Waals surface area contributed by atoms with Crippen LogP contribution in [0.5, 0.6) is 0 Å². The van der Waals surface area contributed by atoms with E-state index in [2.05, 4.69) is 28.7 Å². The van der Waals surface area contributed by atoms with Crippen molar-refractivity contribution in [2.45, 2.75) is 87.7 Å². The molecule has 10 atom stereocenters. The number of nitrogens with one attached hydrogen (secondary N) is 2. The molecule has 1 aromatic rings. The van der Waals surface area contributed by atoms with Gasteiger partial charge in [0.1, 0.15) is 12.1 Å². The maximum Gasteiger partial charge on any atom is 0.280 e. The van der Waals surface area contributed by atoms with E-state index in [9.17, 15) is 19.5 Å². The van der Waals surface area contributed by atoms with Gasteiger partial charge in [0.25, 0.3) is 11.8 Å². The number of fused-ring (bicyclic) bond motifs is 5. The molecule has 10 heteroatoms.